The van der Waals surface area contributed by atoms with Crippen LogP contribution in [0.15, 0.2) is 66.7 Å². The summed E-state index contributed by atoms with van der Waals surface area (Å²) in [6, 6.07) is 20.5. The van der Waals surface area contributed by atoms with E-state index >= 15 is 0 Å². The Kier molecular flexibility index (Phi) is 4.15. The number of hydrogen-bond donors (Lipinski definition) is 0. The molecule has 1 saturated heterocycles. The van der Waals surface area contributed by atoms with Crippen LogP contribution in [0.2, 0.25) is 0 Å². The number of carbonyl (C=O) groups excluding carboxylic acids is 1. The van der Waals surface area contributed by atoms with Crippen LogP contribution in [0.5, 0.6) is 0 Å². The van der Waals surface area contributed by atoms with Crippen molar-refractivity contribution in [3.8, 4) is 0 Å². The van der Waals surface area contributed by atoms with E-state index in [-0.39, 0.29) is 11.9 Å². The van der Waals surface area contributed by atoms with Gasteiger partial charge in [0.25, 0.3) is 0 Å². The highest BCUT2D eigenvalue weighted by Gasteiger charge is 2.28. The molecule has 0 bridgehead atoms. The summed E-state index contributed by atoms with van der Waals surface area (Å²) in [6.45, 7) is 0.845. The molecular weight excluding hydrogens is 258 g/mol. The fourth-order valence-corrected chi connectivity index (χ4v) is 2.88. The summed E-state index contributed by atoms with van der Waals surface area (Å²) >= 11 is 0. The first-order valence-electron chi connectivity index (χ1n) is 7.43. The van der Waals surface area contributed by atoms with Gasteiger partial charge >= 0.3 is 0 Å². The van der Waals surface area contributed by atoms with Crippen molar-refractivity contribution in [2.24, 2.45) is 0 Å². The Hall–Kier alpha value is -2.35. The summed E-state index contributed by atoms with van der Waals surface area (Å²) in [5.74, 6) is 0.102. The Morgan fingerprint density at radius 2 is 1.67 bits per heavy atom. The largest absolute Gasteiger partial charge is 0.332 e. The first-order chi connectivity index (χ1) is 10.3. The summed E-state index contributed by atoms with van der Waals surface area (Å²) in [6.07, 6.45) is 5.71. The average Bonchev–Trinajstić information content (AvgIpc) is 3.04. The van der Waals surface area contributed by atoms with Crippen molar-refractivity contribution in [3.05, 3.63) is 77.9 Å². The lowest BCUT2D eigenvalue weighted by molar-refractivity contribution is -0.126. The molecule has 0 aromatic heterocycles. The number of carbonyl (C=O) groups is 1. The molecule has 1 amide bonds. The predicted molar refractivity (Wildman–Crippen MR) is 85.6 cm³/mol. The van der Waals surface area contributed by atoms with E-state index in [1.54, 1.807) is 6.08 Å². The van der Waals surface area contributed by atoms with Crippen LogP contribution in [0.1, 0.15) is 30.0 Å². The third-order valence-corrected chi connectivity index (χ3v) is 3.94. The number of likely N-dealkylation sites (tertiary alicyclic amines) is 1. The standard InChI is InChI=1S/C19H19NO/c21-19(14-13-16-8-3-1-4-9-16)20-15-7-12-18(20)17-10-5-2-6-11-17/h1-6,8-11,13-14,18H,7,12,15H2/b14-13+. The van der Waals surface area contributed by atoms with E-state index in [1.165, 1.54) is 5.56 Å². The molecule has 1 aliphatic heterocycles. The fraction of sp³-hybridized carbons (Fsp3) is 0.211. The van der Waals surface area contributed by atoms with Gasteiger partial charge in [0.2, 0.25) is 5.91 Å². The number of nitrogens with zero attached hydrogens (tertiary/aromatic N) is 1. The molecule has 106 valence electrons. The minimum absolute atomic E-state index is 0.102. The van der Waals surface area contributed by atoms with Crippen LogP contribution in [-0.4, -0.2) is 17.4 Å². The topological polar surface area (TPSA) is 20.3 Å². The molecular formula is C19H19NO. The second kappa shape index (κ2) is 6.40. The van der Waals surface area contributed by atoms with Crippen molar-refractivity contribution in [3.63, 3.8) is 0 Å². The molecule has 0 N–H and O–H groups in total. The Bertz CT molecular complexity index is 619. The lowest BCUT2D eigenvalue weighted by Crippen LogP contribution is -2.28. The van der Waals surface area contributed by atoms with E-state index in [0.29, 0.717) is 0 Å². The number of benzene rings is 2. The van der Waals surface area contributed by atoms with Gasteiger partial charge in [0.15, 0.2) is 0 Å². The van der Waals surface area contributed by atoms with Gasteiger partial charge in [-0.2, -0.15) is 0 Å². The Labute approximate surface area is 125 Å². The smallest absolute Gasteiger partial charge is 0.247 e. The van der Waals surface area contributed by atoms with Crippen LogP contribution in [-0.2, 0) is 4.79 Å². The minimum Gasteiger partial charge on any atom is -0.332 e. The maximum atomic E-state index is 12.4. The zero-order valence-electron chi connectivity index (χ0n) is 12.0. The summed E-state index contributed by atoms with van der Waals surface area (Å²) in [5, 5.41) is 0. The lowest BCUT2D eigenvalue weighted by atomic mass is 10.0. The monoisotopic (exact) mass is 277 g/mol. The van der Waals surface area contributed by atoms with Gasteiger partial charge in [-0.15, -0.1) is 0 Å². The molecule has 2 aromatic carbocycles. The predicted octanol–water partition coefficient (Wildman–Crippen LogP) is 4.06. The van der Waals surface area contributed by atoms with Gasteiger partial charge in [-0.25, -0.2) is 0 Å². The van der Waals surface area contributed by atoms with Crippen LogP contribution < -0.4 is 0 Å². The maximum Gasteiger partial charge on any atom is 0.247 e. The Balaban J connectivity index is 1.73. The minimum atomic E-state index is 0.102. The molecule has 1 fully saturated rings. The van der Waals surface area contributed by atoms with Crippen molar-refractivity contribution >= 4 is 12.0 Å². The van der Waals surface area contributed by atoms with Gasteiger partial charge < -0.3 is 4.90 Å². The molecule has 2 aromatic rings. The average molecular weight is 277 g/mol. The van der Waals surface area contributed by atoms with Gasteiger partial charge in [-0.05, 0) is 30.0 Å². The van der Waals surface area contributed by atoms with Crippen LogP contribution in [0.25, 0.3) is 6.08 Å². The van der Waals surface area contributed by atoms with Crippen molar-refractivity contribution in [1.82, 2.24) is 4.90 Å². The molecule has 1 aliphatic rings. The van der Waals surface area contributed by atoms with Gasteiger partial charge in [0.1, 0.15) is 0 Å². The SMILES string of the molecule is O=C(/C=C/c1ccccc1)N1CCCC1c1ccccc1. The zero-order chi connectivity index (χ0) is 14.5. The first-order valence-corrected chi connectivity index (χ1v) is 7.43. The molecule has 21 heavy (non-hydrogen) atoms. The van der Waals surface area contributed by atoms with Crippen LogP contribution in [0, 0.1) is 0 Å². The molecule has 0 spiro atoms. The van der Waals surface area contributed by atoms with E-state index in [1.807, 2.05) is 59.5 Å². The molecule has 3 rings (SSSR count). The van der Waals surface area contributed by atoms with E-state index in [9.17, 15) is 4.79 Å². The van der Waals surface area contributed by atoms with Gasteiger partial charge in [0.05, 0.1) is 6.04 Å². The number of hydrogen-bond acceptors (Lipinski definition) is 1. The number of amides is 1. The maximum absolute atomic E-state index is 12.4. The molecule has 2 heteroatoms. The van der Waals surface area contributed by atoms with E-state index in [4.69, 9.17) is 0 Å². The molecule has 1 atom stereocenters. The molecule has 1 unspecified atom stereocenters. The lowest BCUT2D eigenvalue weighted by Gasteiger charge is -2.23. The highest BCUT2D eigenvalue weighted by Crippen LogP contribution is 2.31. The Morgan fingerprint density at radius 3 is 2.38 bits per heavy atom. The van der Waals surface area contributed by atoms with E-state index < -0.39 is 0 Å². The molecule has 0 saturated carbocycles. The Morgan fingerprint density at radius 1 is 1.00 bits per heavy atom. The summed E-state index contributed by atoms with van der Waals surface area (Å²) < 4.78 is 0. The highest BCUT2D eigenvalue weighted by atomic mass is 16.2. The molecule has 0 radical (unpaired) electrons. The molecule has 1 heterocycles. The number of rotatable bonds is 3. The van der Waals surface area contributed by atoms with Gasteiger partial charge in [0, 0.05) is 12.6 Å². The summed E-state index contributed by atoms with van der Waals surface area (Å²) in [4.78, 5) is 14.4. The van der Waals surface area contributed by atoms with Crippen molar-refractivity contribution in [2.75, 3.05) is 6.54 Å². The normalized spacial score (nSPS) is 18.3. The van der Waals surface area contributed by atoms with Crippen molar-refractivity contribution in [2.45, 2.75) is 18.9 Å². The third kappa shape index (κ3) is 3.22. The zero-order valence-corrected chi connectivity index (χ0v) is 12.0. The first kappa shape index (κ1) is 13.6. The summed E-state index contributed by atoms with van der Waals surface area (Å²) in [5.41, 5.74) is 2.29. The second-order valence-corrected chi connectivity index (χ2v) is 5.34. The third-order valence-electron chi connectivity index (χ3n) is 3.94. The molecule has 0 aliphatic carbocycles. The van der Waals surface area contributed by atoms with Crippen molar-refractivity contribution in [1.29, 1.82) is 0 Å². The quantitative estimate of drug-likeness (QED) is 0.775. The second-order valence-electron chi connectivity index (χ2n) is 5.34. The van der Waals surface area contributed by atoms with Crippen LogP contribution in [0.3, 0.4) is 0 Å². The van der Waals surface area contributed by atoms with Crippen LogP contribution >= 0.6 is 0 Å². The summed E-state index contributed by atoms with van der Waals surface area (Å²) in [7, 11) is 0. The van der Waals surface area contributed by atoms with E-state index in [0.717, 1.165) is 24.9 Å². The van der Waals surface area contributed by atoms with E-state index in [2.05, 4.69) is 12.1 Å². The van der Waals surface area contributed by atoms with Crippen molar-refractivity contribution < 1.29 is 4.79 Å². The highest BCUT2D eigenvalue weighted by molar-refractivity contribution is 5.92. The molecule has 2 nitrogen and oxygen atoms in total. The fourth-order valence-electron chi connectivity index (χ4n) is 2.88. The van der Waals surface area contributed by atoms with Gasteiger partial charge in [-0.1, -0.05) is 60.7 Å². The van der Waals surface area contributed by atoms with Gasteiger partial charge in [-0.3, -0.25) is 4.79 Å². The van der Waals surface area contributed by atoms with Crippen LogP contribution in [0.4, 0.5) is 0 Å².